The van der Waals surface area contributed by atoms with Crippen LogP contribution in [0.5, 0.6) is 0 Å². The molecule has 8 nitrogen and oxygen atoms in total. The second-order valence-corrected chi connectivity index (χ2v) is 9.31. The number of carbonyl (C=O) groups is 1. The van der Waals surface area contributed by atoms with Gasteiger partial charge < -0.3 is 9.30 Å². The first-order chi connectivity index (χ1) is 17.5. The minimum atomic E-state index is -0.611. The molecule has 0 saturated heterocycles. The number of hydrogen-bond donors (Lipinski definition) is 1. The van der Waals surface area contributed by atoms with Crippen LogP contribution >= 0.6 is 11.3 Å². The first kappa shape index (κ1) is 23.5. The van der Waals surface area contributed by atoms with E-state index >= 15 is 0 Å². The highest BCUT2D eigenvalue weighted by Gasteiger charge is 2.19. The maximum absolute atomic E-state index is 13.0. The number of ether oxygens (including phenoxy) is 1. The number of aromatic nitrogens is 3. The van der Waals surface area contributed by atoms with E-state index in [4.69, 9.17) is 4.74 Å². The van der Waals surface area contributed by atoms with Crippen LogP contribution in [0.25, 0.3) is 32.7 Å². The second kappa shape index (κ2) is 9.79. The first-order valence-corrected chi connectivity index (χ1v) is 12.4. The van der Waals surface area contributed by atoms with Gasteiger partial charge in [-0.2, -0.15) is 0 Å². The van der Waals surface area contributed by atoms with Crippen molar-refractivity contribution in [2.45, 2.75) is 26.8 Å². The quantitative estimate of drug-likeness (QED) is 0.319. The third-order valence-corrected chi connectivity index (χ3v) is 7.20. The number of thiophene rings is 1. The number of esters is 1. The Morgan fingerprint density at radius 1 is 1.08 bits per heavy atom. The number of aryl methyl sites for hydroxylation is 1. The number of aromatic amines is 1. The van der Waals surface area contributed by atoms with Crippen molar-refractivity contribution in [1.29, 1.82) is 0 Å². The van der Waals surface area contributed by atoms with E-state index in [1.807, 2.05) is 66.1 Å². The first-order valence-electron chi connectivity index (χ1n) is 11.6. The zero-order chi connectivity index (χ0) is 25.2. The van der Waals surface area contributed by atoms with Crippen molar-refractivity contribution < 1.29 is 14.1 Å². The van der Waals surface area contributed by atoms with Gasteiger partial charge in [-0.25, -0.2) is 9.59 Å². The van der Waals surface area contributed by atoms with Crippen LogP contribution < -0.4 is 11.2 Å². The van der Waals surface area contributed by atoms with Gasteiger partial charge in [-0.3, -0.25) is 14.3 Å². The van der Waals surface area contributed by atoms with Crippen molar-refractivity contribution in [1.82, 2.24) is 14.7 Å². The van der Waals surface area contributed by atoms with E-state index in [9.17, 15) is 14.4 Å². The molecule has 0 aliphatic rings. The van der Waals surface area contributed by atoms with Crippen LogP contribution in [-0.2, 0) is 17.7 Å². The van der Waals surface area contributed by atoms with Crippen LogP contribution in [0.4, 0.5) is 0 Å². The topological polar surface area (TPSA) is 107 Å². The molecule has 5 rings (SSSR count). The highest BCUT2D eigenvalue weighted by Crippen LogP contribution is 2.30. The summed E-state index contributed by atoms with van der Waals surface area (Å²) in [6, 6.07) is 17.5. The molecule has 0 atom stereocenters. The van der Waals surface area contributed by atoms with Gasteiger partial charge in [0.2, 0.25) is 5.43 Å². The average molecular weight is 502 g/mol. The van der Waals surface area contributed by atoms with Crippen LogP contribution in [0.1, 0.15) is 34.6 Å². The summed E-state index contributed by atoms with van der Waals surface area (Å²) in [5.74, 6) is -0.851. The van der Waals surface area contributed by atoms with Gasteiger partial charge in [0.1, 0.15) is 10.4 Å². The SMILES string of the molecule is CCOC(=O)c1cn(Cc2ccc(-c3ccccc3-c3noc(=O)[nH]3)cc2)c2sc(CC)cc2c1=O. The summed E-state index contributed by atoms with van der Waals surface area (Å²) < 4.78 is 11.7. The molecule has 5 aromatic rings. The van der Waals surface area contributed by atoms with E-state index in [0.29, 0.717) is 17.8 Å². The fourth-order valence-electron chi connectivity index (χ4n) is 4.15. The Bertz CT molecular complexity index is 1670. The van der Waals surface area contributed by atoms with Crippen LogP contribution in [-0.4, -0.2) is 27.3 Å². The van der Waals surface area contributed by atoms with Crippen LogP contribution in [0.3, 0.4) is 0 Å². The number of carbonyl (C=O) groups excluding carboxylic acids is 1. The maximum atomic E-state index is 13.0. The minimum absolute atomic E-state index is 0.0388. The fraction of sp³-hybridized carbons (Fsp3) is 0.185. The van der Waals surface area contributed by atoms with E-state index in [2.05, 4.69) is 14.7 Å². The van der Waals surface area contributed by atoms with Crippen molar-refractivity contribution in [2.24, 2.45) is 0 Å². The number of hydrogen-bond acceptors (Lipinski definition) is 7. The average Bonchev–Trinajstić information content (AvgIpc) is 3.53. The summed E-state index contributed by atoms with van der Waals surface area (Å²) >= 11 is 1.56. The Morgan fingerprint density at radius 2 is 1.83 bits per heavy atom. The molecule has 0 saturated carbocycles. The van der Waals surface area contributed by atoms with Crippen molar-refractivity contribution >= 4 is 27.5 Å². The van der Waals surface area contributed by atoms with Crippen molar-refractivity contribution in [3.8, 4) is 22.5 Å². The predicted molar refractivity (Wildman–Crippen MR) is 139 cm³/mol. The lowest BCUT2D eigenvalue weighted by molar-refractivity contribution is 0.0524. The lowest BCUT2D eigenvalue weighted by Crippen LogP contribution is -2.20. The summed E-state index contributed by atoms with van der Waals surface area (Å²) in [6.07, 6.45) is 2.40. The second-order valence-electron chi connectivity index (χ2n) is 8.19. The Kier molecular flexibility index (Phi) is 6.39. The van der Waals surface area contributed by atoms with Gasteiger partial charge in [0.05, 0.1) is 12.0 Å². The van der Waals surface area contributed by atoms with E-state index in [1.54, 1.807) is 24.5 Å². The third-order valence-electron chi connectivity index (χ3n) is 5.88. The standard InChI is InChI=1S/C27H23N3O5S/c1-3-18-13-21-23(31)22(26(32)34-4-2)15-30(25(21)36-18)14-16-9-11-17(12-10-16)19-7-5-6-8-20(19)24-28-27(33)35-29-24/h5-13,15H,3-4,14H2,1-2H3,(H,28,29,33). The van der Waals surface area contributed by atoms with Gasteiger partial charge >= 0.3 is 11.7 Å². The van der Waals surface area contributed by atoms with Crippen LogP contribution in [0, 0.1) is 0 Å². The molecule has 0 bridgehead atoms. The molecular formula is C27H23N3O5S. The summed E-state index contributed by atoms with van der Waals surface area (Å²) in [5.41, 5.74) is 3.33. The molecular weight excluding hydrogens is 478 g/mol. The van der Waals surface area contributed by atoms with E-state index in [-0.39, 0.29) is 17.6 Å². The molecule has 36 heavy (non-hydrogen) atoms. The Labute approximate surface area is 209 Å². The molecule has 0 spiro atoms. The molecule has 2 aromatic carbocycles. The third kappa shape index (κ3) is 4.40. The van der Waals surface area contributed by atoms with E-state index in [1.165, 1.54) is 0 Å². The molecule has 0 amide bonds. The molecule has 1 N–H and O–H groups in total. The summed E-state index contributed by atoms with van der Waals surface area (Å²) in [6.45, 7) is 4.43. The number of nitrogens with zero attached hydrogens (tertiary/aromatic N) is 2. The van der Waals surface area contributed by atoms with Gasteiger partial charge in [0, 0.05) is 23.2 Å². The lowest BCUT2D eigenvalue weighted by Gasteiger charge is -2.12. The molecule has 9 heteroatoms. The molecule has 3 heterocycles. The number of nitrogens with one attached hydrogen (secondary N) is 1. The fourth-order valence-corrected chi connectivity index (χ4v) is 5.21. The van der Waals surface area contributed by atoms with Crippen molar-refractivity contribution in [2.75, 3.05) is 6.61 Å². The number of rotatable bonds is 7. The summed E-state index contributed by atoms with van der Waals surface area (Å²) in [7, 11) is 0. The predicted octanol–water partition coefficient (Wildman–Crippen LogP) is 4.86. The number of benzene rings is 2. The van der Waals surface area contributed by atoms with Gasteiger partial charge in [0.15, 0.2) is 5.82 Å². The monoisotopic (exact) mass is 501 g/mol. The highest BCUT2D eigenvalue weighted by atomic mass is 32.1. The summed E-state index contributed by atoms with van der Waals surface area (Å²) in [5, 5.41) is 4.35. The zero-order valence-electron chi connectivity index (χ0n) is 19.7. The van der Waals surface area contributed by atoms with Crippen molar-refractivity contribution in [3.63, 3.8) is 0 Å². The molecule has 3 aromatic heterocycles. The van der Waals surface area contributed by atoms with Gasteiger partial charge in [-0.05, 0) is 36.1 Å². The lowest BCUT2D eigenvalue weighted by atomic mass is 9.98. The molecule has 0 unspecified atom stereocenters. The van der Waals surface area contributed by atoms with Crippen molar-refractivity contribution in [3.05, 3.63) is 97.6 Å². The van der Waals surface area contributed by atoms with Gasteiger partial charge in [-0.15, -0.1) is 11.3 Å². The normalized spacial score (nSPS) is 11.2. The Morgan fingerprint density at radius 3 is 2.50 bits per heavy atom. The molecule has 0 fully saturated rings. The van der Waals surface area contributed by atoms with E-state index < -0.39 is 11.7 Å². The minimum Gasteiger partial charge on any atom is -0.462 e. The van der Waals surface area contributed by atoms with Crippen LogP contribution in [0.2, 0.25) is 0 Å². The molecule has 0 aliphatic heterocycles. The molecule has 0 radical (unpaired) electrons. The Hall–Kier alpha value is -4.24. The van der Waals surface area contributed by atoms with Crippen LogP contribution in [0.15, 0.2) is 74.9 Å². The van der Waals surface area contributed by atoms with E-state index in [0.717, 1.165) is 38.4 Å². The zero-order valence-corrected chi connectivity index (χ0v) is 20.6. The Balaban J connectivity index is 1.52. The number of fused-ring (bicyclic) bond motifs is 1. The highest BCUT2D eigenvalue weighted by molar-refractivity contribution is 7.18. The number of H-pyrrole nitrogens is 1. The maximum Gasteiger partial charge on any atom is 0.439 e. The molecule has 0 aliphatic carbocycles. The molecule has 182 valence electrons. The number of pyridine rings is 1. The van der Waals surface area contributed by atoms with Gasteiger partial charge in [0.25, 0.3) is 0 Å². The largest absolute Gasteiger partial charge is 0.462 e. The smallest absolute Gasteiger partial charge is 0.439 e. The van der Waals surface area contributed by atoms with Gasteiger partial charge in [-0.1, -0.05) is 60.6 Å². The summed E-state index contributed by atoms with van der Waals surface area (Å²) in [4.78, 5) is 41.4.